The molecule has 8 aromatic carbocycles. The van der Waals surface area contributed by atoms with E-state index in [2.05, 4.69) is 156 Å². The highest BCUT2D eigenvalue weighted by Crippen LogP contribution is 2.53. The molecule has 1 aliphatic heterocycles. The summed E-state index contributed by atoms with van der Waals surface area (Å²) in [5.41, 5.74) is 11.6. The lowest BCUT2D eigenvalue weighted by Gasteiger charge is -2.24. The number of hydrogen-bond acceptors (Lipinski definition) is 2. The summed E-state index contributed by atoms with van der Waals surface area (Å²) in [5.74, 6) is 3.09. The molecular formula is C48H31NO2. The normalized spacial score (nSPS) is 11.8. The minimum Gasteiger partial charge on any atom is -0.456 e. The number of hydrogen-bond donors (Lipinski definition) is 0. The smallest absolute Gasteiger partial charge is 0.143 e. The number of rotatable bonds is 3. The van der Waals surface area contributed by atoms with Crippen LogP contribution in [0.4, 0.5) is 0 Å². The molecule has 0 atom stereocenters. The van der Waals surface area contributed by atoms with Gasteiger partial charge in [0, 0.05) is 44.3 Å². The van der Waals surface area contributed by atoms with Crippen LogP contribution in [0.5, 0.6) is 23.0 Å². The van der Waals surface area contributed by atoms with Gasteiger partial charge in [-0.3, -0.25) is 0 Å². The van der Waals surface area contributed by atoms with Gasteiger partial charge < -0.3 is 14.0 Å². The van der Waals surface area contributed by atoms with Crippen LogP contribution in [0.25, 0.3) is 72.0 Å². The molecule has 51 heavy (non-hydrogen) atoms. The van der Waals surface area contributed by atoms with Gasteiger partial charge in [0.25, 0.3) is 0 Å². The molecule has 0 saturated carbocycles. The van der Waals surface area contributed by atoms with Crippen molar-refractivity contribution in [1.82, 2.24) is 4.57 Å². The lowest BCUT2D eigenvalue weighted by Crippen LogP contribution is -2.00. The van der Waals surface area contributed by atoms with Crippen LogP contribution in [-0.2, 0) is 0 Å². The second-order valence-corrected chi connectivity index (χ2v) is 12.8. The van der Waals surface area contributed by atoms with Crippen LogP contribution in [0.1, 0.15) is 0 Å². The maximum Gasteiger partial charge on any atom is 0.143 e. The molecule has 2 heterocycles. The first-order valence-electron chi connectivity index (χ1n) is 17.3. The lowest BCUT2D eigenvalue weighted by atomic mass is 9.89. The van der Waals surface area contributed by atoms with E-state index in [0.717, 1.165) is 84.2 Å². The van der Waals surface area contributed by atoms with Gasteiger partial charge in [-0.05, 0) is 59.2 Å². The number of para-hydroxylation sites is 5. The molecule has 0 unspecified atom stereocenters. The Morgan fingerprint density at radius 2 is 0.863 bits per heavy atom. The van der Waals surface area contributed by atoms with E-state index in [0.29, 0.717) is 0 Å². The molecule has 1 aliphatic rings. The van der Waals surface area contributed by atoms with E-state index < -0.39 is 0 Å². The minimum absolute atomic E-state index is 0.762. The zero-order valence-electron chi connectivity index (χ0n) is 27.7. The van der Waals surface area contributed by atoms with E-state index in [9.17, 15) is 0 Å². The van der Waals surface area contributed by atoms with E-state index in [-0.39, 0.29) is 0 Å². The predicted molar refractivity (Wildman–Crippen MR) is 209 cm³/mol. The Labute approximate surface area is 296 Å². The Bertz CT molecular complexity index is 2740. The minimum atomic E-state index is 0.762. The monoisotopic (exact) mass is 653 g/mol. The Balaban J connectivity index is 1.32. The molecule has 3 nitrogen and oxygen atoms in total. The van der Waals surface area contributed by atoms with Crippen LogP contribution < -0.4 is 9.47 Å². The molecule has 0 amide bonds. The van der Waals surface area contributed by atoms with Crippen LogP contribution in [-0.4, -0.2) is 4.57 Å². The molecule has 9 aromatic rings. The summed E-state index contributed by atoms with van der Waals surface area (Å²) >= 11 is 0. The molecular weight excluding hydrogens is 623 g/mol. The third kappa shape index (κ3) is 4.74. The van der Waals surface area contributed by atoms with Crippen molar-refractivity contribution in [3.8, 4) is 73.2 Å². The molecule has 0 aliphatic carbocycles. The maximum absolute atomic E-state index is 7.17. The quantitative estimate of drug-likeness (QED) is 0.189. The van der Waals surface area contributed by atoms with E-state index in [1.54, 1.807) is 0 Å². The highest BCUT2D eigenvalue weighted by molar-refractivity contribution is 6.17. The number of benzene rings is 8. The summed E-state index contributed by atoms with van der Waals surface area (Å²) in [6, 6.07) is 65.7. The van der Waals surface area contributed by atoms with Crippen LogP contribution in [0.15, 0.2) is 188 Å². The average Bonchev–Trinajstić information content (AvgIpc) is 3.54. The molecule has 240 valence electrons. The lowest BCUT2D eigenvalue weighted by molar-refractivity contribution is 0.473. The van der Waals surface area contributed by atoms with Gasteiger partial charge in [-0.2, -0.15) is 0 Å². The Morgan fingerprint density at radius 1 is 0.333 bits per heavy atom. The third-order valence-electron chi connectivity index (χ3n) is 9.89. The van der Waals surface area contributed by atoms with Crippen molar-refractivity contribution in [2.45, 2.75) is 0 Å². The fourth-order valence-corrected chi connectivity index (χ4v) is 7.69. The first-order valence-corrected chi connectivity index (χ1v) is 17.3. The number of aromatic nitrogens is 1. The third-order valence-corrected chi connectivity index (χ3v) is 9.89. The van der Waals surface area contributed by atoms with Crippen LogP contribution in [0.3, 0.4) is 0 Å². The topological polar surface area (TPSA) is 23.4 Å². The fourth-order valence-electron chi connectivity index (χ4n) is 7.69. The van der Waals surface area contributed by atoms with Crippen molar-refractivity contribution in [3.05, 3.63) is 188 Å². The van der Waals surface area contributed by atoms with E-state index >= 15 is 0 Å². The Hall–Kier alpha value is -6.84. The van der Waals surface area contributed by atoms with Crippen molar-refractivity contribution in [2.24, 2.45) is 0 Å². The predicted octanol–water partition coefficient (Wildman–Crippen LogP) is 13.3. The highest BCUT2D eigenvalue weighted by atomic mass is 16.5. The maximum atomic E-state index is 7.17. The molecule has 0 N–H and O–H groups in total. The average molecular weight is 654 g/mol. The highest BCUT2D eigenvalue weighted by Gasteiger charge is 2.26. The molecule has 0 saturated heterocycles. The zero-order chi connectivity index (χ0) is 33.7. The Morgan fingerprint density at radius 3 is 1.67 bits per heavy atom. The van der Waals surface area contributed by atoms with Gasteiger partial charge in [-0.15, -0.1) is 0 Å². The fraction of sp³-hybridized carbons (Fsp3) is 0. The number of nitrogens with zero attached hydrogens (tertiary/aromatic N) is 1. The molecule has 0 bridgehead atoms. The van der Waals surface area contributed by atoms with Gasteiger partial charge in [0.15, 0.2) is 0 Å². The molecule has 10 rings (SSSR count). The van der Waals surface area contributed by atoms with E-state index in [1.807, 2.05) is 36.4 Å². The molecule has 0 fully saturated rings. The Kier molecular flexibility index (Phi) is 6.81. The van der Waals surface area contributed by atoms with E-state index in [1.165, 1.54) is 10.8 Å². The molecule has 1 aromatic heterocycles. The van der Waals surface area contributed by atoms with Gasteiger partial charge in [0.1, 0.15) is 23.0 Å². The first-order chi connectivity index (χ1) is 25.3. The van der Waals surface area contributed by atoms with Crippen molar-refractivity contribution in [1.29, 1.82) is 0 Å². The van der Waals surface area contributed by atoms with Crippen LogP contribution >= 0.6 is 0 Å². The van der Waals surface area contributed by atoms with E-state index in [4.69, 9.17) is 9.47 Å². The van der Waals surface area contributed by atoms with Crippen LogP contribution in [0.2, 0.25) is 0 Å². The summed E-state index contributed by atoms with van der Waals surface area (Å²) in [4.78, 5) is 0. The second kappa shape index (κ2) is 11.9. The van der Waals surface area contributed by atoms with Crippen molar-refractivity contribution < 1.29 is 9.47 Å². The first kappa shape index (κ1) is 29.1. The molecule has 0 spiro atoms. The second-order valence-electron chi connectivity index (χ2n) is 12.8. The summed E-state index contributed by atoms with van der Waals surface area (Å²) in [7, 11) is 0. The molecule has 0 radical (unpaired) electrons. The van der Waals surface area contributed by atoms with Crippen molar-refractivity contribution in [3.63, 3.8) is 0 Å². The van der Waals surface area contributed by atoms with Crippen molar-refractivity contribution in [2.75, 3.05) is 0 Å². The van der Waals surface area contributed by atoms with Gasteiger partial charge in [-0.1, -0.05) is 146 Å². The van der Waals surface area contributed by atoms with Crippen LogP contribution in [0, 0.1) is 0 Å². The summed E-state index contributed by atoms with van der Waals surface area (Å²) in [6.45, 7) is 0. The number of fused-ring (bicyclic) bond motifs is 9. The van der Waals surface area contributed by atoms with Gasteiger partial charge in [0.2, 0.25) is 0 Å². The number of ether oxygens (including phenoxy) is 2. The van der Waals surface area contributed by atoms with Gasteiger partial charge in [-0.25, -0.2) is 0 Å². The summed E-state index contributed by atoms with van der Waals surface area (Å²) < 4.78 is 16.6. The van der Waals surface area contributed by atoms with Crippen molar-refractivity contribution >= 4 is 21.8 Å². The van der Waals surface area contributed by atoms with Gasteiger partial charge in [0.05, 0.1) is 11.0 Å². The largest absolute Gasteiger partial charge is 0.456 e. The zero-order valence-corrected chi connectivity index (χ0v) is 27.7. The van der Waals surface area contributed by atoms with Gasteiger partial charge >= 0.3 is 0 Å². The summed E-state index contributed by atoms with van der Waals surface area (Å²) in [6.07, 6.45) is 0. The SMILES string of the molecule is c1ccc(-c2cccc3c2Oc2ccccc2-c2ccccc2Oc2cccc(-c4cccc5c4c4ccccc4n5-c4ccccc4)c2-3)cc1. The molecule has 3 heteroatoms. The standard InChI is InChI=1S/C48H31NO2/c1-3-16-32(17-4-1)34-23-13-26-40-47-38(37-24-14-28-42-46(37)39-22-7-10-27-41(39)49(42)33-18-5-2-6-19-33)25-15-31-45(47)50-43-29-11-8-20-35(43)36-21-9-12-30-44(36)51-48(34)40/h1-31H. The summed E-state index contributed by atoms with van der Waals surface area (Å²) in [5, 5.41) is 2.38.